The number of benzene rings is 1. The van der Waals surface area contributed by atoms with Gasteiger partial charge in [0.1, 0.15) is 17.3 Å². The Balaban J connectivity index is 1.72. The first kappa shape index (κ1) is 20.1. The van der Waals surface area contributed by atoms with Gasteiger partial charge in [0.15, 0.2) is 5.76 Å². The molecule has 3 aromatic heterocycles. The Kier molecular flexibility index (Phi) is 5.40. The lowest BCUT2D eigenvalue weighted by Crippen LogP contribution is -2.20. The van der Waals surface area contributed by atoms with Crippen LogP contribution in [0.25, 0.3) is 17.4 Å². The van der Waals surface area contributed by atoms with E-state index in [1.54, 1.807) is 56.3 Å². The van der Waals surface area contributed by atoms with E-state index in [4.69, 9.17) is 9.15 Å². The van der Waals surface area contributed by atoms with Gasteiger partial charge in [-0.2, -0.15) is 9.78 Å². The van der Waals surface area contributed by atoms with Crippen molar-refractivity contribution in [2.45, 2.75) is 20.8 Å². The summed E-state index contributed by atoms with van der Waals surface area (Å²) in [6.07, 6.45) is 1.53. The maximum atomic E-state index is 12.8. The van der Waals surface area contributed by atoms with Crippen molar-refractivity contribution in [3.63, 3.8) is 0 Å². The van der Waals surface area contributed by atoms with Crippen molar-refractivity contribution in [1.29, 1.82) is 0 Å². The summed E-state index contributed by atoms with van der Waals surface area (Å²) in [5.74, 6) is 1.37. The Morgan fingerprint density at radius 3 is 2.65 bits per heavy atom. The van der Waals surface area contributed by atoms with Crippen molar-refractivity contribution in [1.82, 2.24) is 19.7 Å². The van der Waals surface area contributed by atoms with Gasteiger partial charge in [0.05, 0.1) is 12.9 Å². The monoisotopic (exact) mass is 419 g/mol. The molecule has 4 rings (SSSR count). The van der Waals surface area contributed by atoms with Crippen LogP contribution in [0, 0.1) is 13.8 Å². The van der Waals surface area contributed by atoms with E-state index in [-0.39, 0.29) is 17.4 Å². The SMILES string of the molecule is CCOc1ccc(C(=O)Nc2cc(-c3ccco3)nn2-c2nc(C)c(C)c(=O)[nH]2)cc1. The van der Waals surface area contributed by atoms with Gasteiger partial charge in [-0.3, -0.25) is 14.6 Å². The van der Waals surface area contributed by atoms with Gasteiger partial charge < -0.3 is 14.5 Å². The fourth-order valence-electron chi connectivity index (χ4n) is 2.96. The Labute approximate surface area is 177 Å². The third-order valence-electron chi connectivity index (χ3n) is 4.73. The molecule has 0 atom stereocenters. The van der Waals surface area contributed by atoms with Gasteiger partial charge in [-0.05, 0) is 57.2 Å². The summed E-state index contributed by atoms with van der Waals surface area (Å²) < 4.78 is 12.2. The molecule has 0 radical (unpaired) electrons. The summed E-state index contributed by atoms with van der Waals surface area (Å²) >= 11 is 0. The lowest BCUT2D eigenvalue weighted by Gasteiger charge is -2.10. The maximum Gasteiger partial charge on any atom is 0.256 e. The van der Waals surface area contributed by atoms with Crippen molar-refractivity contribution in [3.05, 3.63) is 75.9 Å². The fraction of sp³-hybridized carbons (Fsp3) is 0.182. The minimum Gasteiger partial charge on any atom is -0.494 e. The first-order chi connectivity index (χ1) is 15.0. The van der Waals surface area contributed by atoms with Crippen molar-refractivity contribution in [2.75, 3.05) is 11.9 Å². The Bertz CT molecular complexity index is 1270. The van der Waals surface area contributed by atoms with Gasteiger partial charge in [0, 0.05) is 22.9 Å². The molecule has 31 heavy (non-hydrogen) atoms. The highest BCUT2D eigenvalue weighted by atomic mass is 16.5. The quantitative estimate of drug-likeness (QED) is 0.494. The Morgan fingerprint density at radius 2 is 2.00 bits per heavy atom. The molecule has 1 amide bonds. The zero-order valence-electron chi connectivity index (χ0n) is 17.3. The molecule has 0 bridgehead atoms. The molecule has 4 aromatic rings. The number of rotatable bonds is 6. The van der Waals surface area contributed by atoms with Crippen LogP contribution in [0.15, 0.2) is 57.9 Å². The molecule has 9 nitrogen and oxygen atoms in total. The minimum absolute atomic E-state index is 0.188. The molecular formula is C22H21N5O4. The molecule has 0 unspecified atom stereocenters. The highest BCUT2D eigenvalue weighted by molar-refractivity contribution is 6.04. The molecule has 0 aliphatic rings. The van der Waals surface area contributed by atoms with Gasteiger partial charge in [-0.25, -0.2) is 4.98 Å². The van der Waals surface area contributed by atoms with Crippen LogP contribution in [0.4, 0.5) is 5.82 Å². The van der Waals surface area contributed by atoms with Crippen LogP contribution in [0.2, 0.25) is 0 Å². The number of anilines is 1. The summed E-state index contributed by atoms with van der Waals surface area (Å²) in [4.78, 5) is 32.2. The number of ether oxygens (including phenoxy) is 1. The van der Waals surface area contributed by atoms with Gasteiger partial charge in [-0.1, -0.05) is 0 Å². The second kappa shape index (κ2) is 8.31. The lowest BCUT2D eigenvalue weighted by molar-refractivity contribution is 0.102. The molecule has 0 aliphatic carbocycles. The van der Waals surface area contributed by atoms with Crippen molar-refractivity contribution in [3.8, 4) is 23.2 Å². The molecule has 1 aromatic carbocycles. The largest absolute Gasteiger partial charge is 0.494 e. The Hall–Kier alpha value is -4.14. The summed E-state index contributed by atoms with van der Waals surface area (Å²) in [6.45, 7) is 5.87. The number of nitrogens with one attached hydrogen (secondary N) is 2. The molecule has 158 valence electrons. The van der Waals surface area contributed by atoms with E-state index in [0.717, 1.165) is 0 Å². The number of aromatic nitrogens is 4. The molecule has 2 N–H and O–H groups in total. The lowest BCUT2D eigenvalue weighted by atomic mass is 10.2. The minimum atomic E-state index is -0.346. The number of carbonyl (C=O) groups is 1. The zero-order valence-corrected chi connectivity index (χ0v) is 17.3. The number of hydrogen-bond donors (Lipinski definition) is 2. The van der Waals surface area contributed by atoms with Crippen LogP contribution in [-0.2, 0) is 0 Å². The molecule has 3 heterocycles. The van der Waals surface area contributed by atoms with Crippen LogP contribution in [0.5, 0.6) is 5.75 Å². The smallest absolute Gasteiger partial charge is 0.256 e. The van der Waals surface area contributed by atoms with Crippen LogP contribution in [0.1, 0.15) is 28.5 Å². The number of amides is 1. The number of nitrogens with zero attached hydrogens (tertiary/aromatic N) is 3. The van der Waals surface area contributed by atoms with E-state index in [2.05, 4.69) is 20.4 Å². The number of aryl methyl sites for hydroxylation is 1. The van der Waals surface area contributed by atoms with Crippen molar-refractivity contribution >= 4 is 11.7 Å². The molecule has 0 saturated heterocycles. The predicted octanol–water partition coefficient (Wildman–Crippen LogP) is 3.48. The molecular weight excluding hydrogens is 398 g/mol. The molecule has 0 spiro atoms. The standard InChI is InChI=1S/C22H21N5O4/c1-4-30-16-9-7-15(8-10-16)21(29)24-19-12-17(18-6-5-11-31-18)26-27(19)22-23-14(3)13(2)20(28)25-22/h5-12H,4H2,1-3H3,(H,24,29)(H,23,25,28). The number of aromatic amines is 1. The average Bonchev–Trinajstić information content (AvgIpc) is 3.42. The first-order valence-corrected chi connectivity index (χ1v) is 9.72. The molecule has 9 heteroatoms. The van der Waals surface area contributed by atoms with Crippen LogP contribution >= 0.6 is 0 Å². The first-order valence-electron chi connectivity index (χ1n) is 9.72. The summed E-state index contributed by atoms with van der Waals surface area (Å²) in [6, 6.07) is 11.9. The summed E-state index contributed by atoms with van der Waals surface area (Å²) in [5, 5.41) is 7.31. The molecule has 0 aliphatic heterocycles. The van der Waals surface area contributed by atoms with Gasteiger partial charge >= 0.3 is 0 Å². The molecule has 0 saturated carbocycles. The third-order valence-corrected chi connectivity index (χ3v) is 4.73. The van der Waals surface area contributed by atoms with E-state index in [1.807, 2.05) is 6.92 Å². The van der Waals surface area contributed by atoms with Gasteiger partial charge in [0.25, 0.3) is 11.5 Å². The maximum absolute atomic E-state index is 12.8. The highest BCUT2D eigenvalue weighted by Gasteiger charge is 2.18. The van der Waals surface area contributed by atoms with Crippen LogP contribution in [0.3, 0.4) is 0 Å². The van der Waals surface area contributed by atoms with E-state index in [0.29, 0.717) is 46.4 Å². The predicted molar refractivity (Wildman–Crippen MR) is 115 cm³/mol. The van der Waals surface area contributed by atoms with Crippen LogP contribution < -0.4 is 15.6 Å². The molecule has 0 fully saturated rings. The topological polar surface area (TPSA) is 115 Å². The van der Waals surface area contributed by atoms with E-state index >= 15 is 0 Å². The van der Waals surface area contributed by atoms with Gasteiger partial charge in [-0.15, -0.1) is 0 Å². The summed E-state index contributed by atoms with van der Waals surface area (Å²) in [7, 11) is 0. The Morgan fingerprint density at radius 1 is 1.23 bits per heavy atom. The fourth-order valence-corrected chi connectivity index (χ4v) is 2.96. The van der Waals surface area contributed by atoms with Gasteiger partial charge in [0.2, 0.25) is 5.95 Å². The zero-order chi connectivity index (χ0) is 22.0. The third kappa shape index (κ3) is 4.11. The second-order valence-electron chi connectivity index (χ2n) is 6.82. The number of furan rings is 1. The normalized spacial score (nSPS) is 10.8. The summed E-state index contributed by atoms with van der Waals surface area (Å²) in [5.41, 5.74) is 1.73. The average molecular weight is 419 g/mol. The number of hydrogen-bond acceptors (Lipinski definition) is 6. The van der Waals surface area contributed by atoms with E-state index in [1.165, 1.54) is 10.9 Å². The van der Waals surface area contributed by atoms with Crippen molar-refractivity contribution < 1.29 is 13.9 Å². The number of H-pyrrole nitrogens is 1. The van der Waals surface area contributed by atoms with E-state index < -0.39 is 0 Å². The van der Waals surface area contributed by atoms with Crippen molar-refractivity contribution in [2.24, 2.45) is 0 Å². The number of carbonyl (C=O) groups excluding carboxylic acids is 1. The second-order valence-corrected chi connectivity index (χ2v) is 6.82. The highest BCUT2D eigenvalue weighted by Crippen LogP contribution is 2.24. The van der Waals surface area contributed by atoms with E-state index in [9.17, 15) is 9.59 Å². The van der Waals surface area contributed by atoms with Crippen LogP contribution in [-0.4, -0.2) is 32.3 Å².